The van der Waals surface area contributed by atoms with Crippen LogP contribution in [0.2, 0.25) is 10.0 Å². The third kappa shape index (κ3) is 4.97. The summed E-state index contributed by atoms with van der Waals surface area (Å²) in [6.07, 6.45) is 0. The molecule has 0 bridgehead atoms. The number of esters is 1. The highest BCUT2D eigenvalue weighted by Crippen LogP contribution is 2.23. The first kappa shape index (κ1) is 18.3. The summed E-state index contributed by atoms with van der Waals surface area (Å²) in [4.78, 5) is 23.7. The smallest absolute Gasteiger partial charge is 0.338 e. The van der Waals surface area contributed by atoms with E-state index >= 15 is 0 Å². The summed E-state index contributed by atoms with van der Waals surface area (Å²) in [5.41, 5.74) is 0.656. The maximum absolute atomic E-state index is 11.9. The van der Waals surface area contributed by atoms with Crippen molar-refractivity contribution in [3.05, 3.63) is 45.6 Å². The van der Waals surface area contributed by atoms with E-state index in [-0.39, 0.29) is 16.9 Å². The Morgan fingerprint density at radius 3 is 2.33 bits per heavy atom. The molecule has 1 aromatic heterocycles. The van der Waals surface area contributed by atoms with Crippen molar-refractivity contribution < 1.29 is 18.8 Å². The largest absolute Gasteiger partial charge is 0.452 e. The van der Waals surface area contributed by atoms with E-state index < -0.39 is 18.5 Å². The van der Waals surface area contributed by atoms with Crippen molar-refractivity contribution in [3.63, 3.8) is 0 Å². The van der Waals surface area contributed by atoms with Crippen LogP contribution < -0.4 is 5.32 Å². The van der Waals surface area contributed by atoms with Crippen molar-refractivity contribution in [3.8, 4) is 0 Å². The Kier molecular flexibility index (Phi) is 5.51. The average Bonchev–Trinajstić information content (AvgIpc) is 2.92. The van der Waals surface area contributed by atoms with Crippen LogP contribution in [-0.2, 0) is 14.9 Å². The Morgan fingerprint density at radius 2 is 1.79 bits per heavy atom. The first-order valence-corrected chi connectivity index (χ1v) is 7.81. The second-order valence-corrected chi connectivity index (χ2v) is 6.98. The third-order valence-corrected chi connectivity index (χ3v) is 3.41. The lowest BCUT2D eigenvalue weighted by molar-refractivity contribution is -0.119. The van der Waals surface area contributed by atoms with Gasteiger partial charge in [-0.2, -0.15) is 0 Å². The molecular weight excluding hydrogens is 355 g/mol. The van der Waals surface area contributed by atoms with E-state index in [1.807, 2.05) is 20.8 Å². The molecule has 6 nitrogen and oxygen atoms in total. The number of amides is 1. The van der Waals surface area contributed by atoms with Crippen molar-refractivity contribution >= 4 is 41.0 Å². The Hall–Kier alpha value is -2.05. The molecule has 128 valence electrons. The molecule has 2 aromatic rings. The SMILES string of the molecule is CC(C)(C)c1cc(NC(=O)COC(=O)c2cc(Cl)cc(Cl)c2)on1. The minimum atomic E-state index is -0.706. The number of benzene rings is 1. The monoisotopic (exact) mass is 370 g/mol. The minimum absolute atomic E-state index is 0.162. The van der Waals surface area contributed by atoms with Crippen LogP contribution in [-0.4, -0.2) is 23.6 Å². The fourth-order valence-corrected chi connectivity index (χ4v) is 2.27. The van der Waals surface area contributed by atoms with Gasteiger partial charge in [0.2, 0.25) is 5.88 Å². The van der Waals surface area contributed by atoms with Gasteiger partial charge >= 0.3 is 5.97 Å². The number of halogens is 2. The van der Waals surface area contributed by atoms with Gasteiger partial charge in [0.1, 0.15) is 0 Å². The first-order valence-electron chi connectivity index (χ1n) is 7.05. The van der Waals surface area contributed by atoms with Crippen LogP contribution in [0.5, 0.6) is 0 Å². The third-order valence-electron chi connectivity index (χ3n) is 2.97. The highest BCUT2D eigenvalue weighted by atomic mass is 35.5. The van der Waals surface area contributed by atoms with E-state index in [2.05, 4.69) is 10.5 Å². The van der Waals surface area contributed by atoms with Crippen LogP contribution >= 0.6 is 23.2 Å². The topological polar surface area (TPSA) is 81.4 Å². The molecule has 24 heavy (non-hydrogen) atoms. The molecule has 1 aromatic carbocycles. The van der Waals surface area contributed by atoms with Gasteiger partial charge in [-0.1, -0.05) is 49.1 Å². The summed E-state index contributed by atoms with van der Waals surface area (Å²) in [7, 11) is 0. The summed E-state index contributed by atoms with van der Waals surface area (Å²) < 4.78 is 9.94. The molecule has 0 aliphatic heterocycles. The lowest BCUT2D eigenvalue weighted by Crippen LogP contribution is -2.20. The first-order chi connectivity index (χ1) is 11.1. The number of hydrogen-bond acceptors (Lipinski definition) is 5. The lowest BCUT2D eigenvalue weighted by Gasteiger charge is -2.12. The number of nitrogens with one attached hydrogen (secondary N) is 1. The summed E-state index contributed by atoms with van der Waals surface area (Å²) in [5, 5.41) is 6.94. The van der Waals surface area contributed by atoms with Crippen LogP contribution in [0, 0.1) is 0 Å². The minimum Gasteiger partial charge on any atom is -0.452 e. The highest BCUT2D eigenvalue weighted by Gasteiger charge is 2.20. The molecule has 0 aliphatic rings. The molecule has 1 N–H and O–H groups in total. The molecule has 0 saturated heterocycles. The summed E-state index contributed by atoms with van der Waals surface area (Å²) in [5.74, 6) is -1.07. The Bertz CT molecular complexity index is 745. The van der Waals surface area contributed by atoms with Gasteiger partial charge in [-0.3, -0.25) is 10.1 Å². The maximum Gasteiger partial charge on any atom is 0.338 e. The standard InChI is InChI=1S/C16H16Cl2N2O4/c1-16(2,3)12-7-14(24-20-12)19-13(21)8-23-15(22)9-4-10(17)6-11(18)5-9/h4-7H,8H2,1-3H3,(H,19,21). The second kappa shape index (κ2) is 7.23. The molecule has 0 spiro atoms. The van der Waals surface area contributed by atoms with Crippen LogP contribution in [0.3, 0.4) is 0 Å². The van der Waals surface area contributed by atoms with Crippen molar-refractivity contribution in [2.24, 2.45) is 0 Å². The van der Waals surface area contributed by atoms with Crippen LogP contribution in [0.4, 0.5) is 5.88 Å². The van der Waals surface area contributed by atoms with Gasteiger partial charge in [-0.25, -0.2) is 4.79 Å². The molecule has 0 unspecified atom stereocenters. The Balaban J connectivity index is 1.91. The molecule has 1 heterocycles. The molecule has 0 fully saturated rings. The Morgan fingerprint density at radius 1 is 1.17 bits per heavy atom. The van der Waals surface area contributed by atoms with Gasteiger partial charge in [0, 0.05) is 21.5 Å². The number of nitrogens with zero attached hydrogens (tertiary/aromatic N) is 1. The quantitative estimate of drug-likeness (QED) is 0.820. The van der Waals surface area contributed by atoms with Crippen molar-refractivity contribution in [2.45, 2.75) is 26.2 Å². The zero-order valence-corrected chi connectivity index (χ0v) is 14.9. The van der Waals surface area contributed by atoms with E-state index in [1.165, 1.54) is 18.2 Å². The van der Waals surface area contributed by atoms with Crippen molar-refractivity contribution in [2.75, 3.05) is 11.9 Å². The normalized spacial score (nSPS) is 11.2. The number of carbonyl (C=O) groups excluding carboxylic acids is 2. The molecule has 0 atom stereocenters. The summed E-state index contributed by atoms with van der Waals surface area (Å²) in [6.45, 7) is 5.42. The van der Waals surface area contributed by atoms with Gasteiger partial charge in [-0.05, 0) is 18.2 Å². The van der Waals surface area contributed by atoms with E-state index in [1.54, 1.807) is 6.07 Å². The molecule has 1 amide bonds. The molecule has 2 rings (SSSR count). The van der Waals surface area contributed by atoms with Gasteiger partial charge < -0.3 is 9.26 Å². The summed E-state index contributed by atoms with van der Waals surface area (Å²) >= 11 is 11.6. The second-order valence-electron chi connectivity index (χ2n) is 6.11. The fraction of sp³-hybridized carbons (Fsp3) is 0.312. The van der Waals surface area contributed by atoms with E-state index in [4.69, 9.17) is 32.5 Å². The highest BCUT2D eigenvalue weighted by molar-refractivity contribution is 6.35. The number of rotatable bonds is 4. The van der Waals surface area contributed by atoms with Gasteiger partial charge in [0.05, 0.1) is 11.3 Å². The van der Waals surface area contributed by atoms with Crippen molar-refractivity contribution in [1.82, 2.24) is 5.16 Å². The van der Waals surface area contributed by atoms with Crippen molar-refractivity contribution in [1.29, 1.82) is 0 Å². The zero-order valence-electron chi connectivity index (χ0n) is 13.4. The van der Waals surface area contributed by atoms with E-state index in [9.17, 15) is 9.59 Å². The fourth-order valence-electron chi connectivity index (χ4n) is 1.75. The van der Waals surface area contributed by atoms with Gasteiger partial charge in [-0.15, -0.1) is 0 Å². The molecule has 0 saturated carbocycles. The predicted octanol–water partition coefficient (Wildman–Crippen LogP) is 4.07. The molecule has 0 radical (unpaired) electrons. The van der Waals surface area contributed by atoms with Crippen LogP contribution in [0.1, 0.15) is 36.8 Å². The summed E-state index contributed by atoms with van der Waals surface area (Å²) in [6, 6.07) is 5.92. The van der Waals surface area contributed by atoms with E-state index in [0.29, 0.717) is 15.7 Å². The predicted molar refractivity (Wildman–Crippen MR) is 90.6 cm³/mol. The van der Waals surface area contributed by atoms with E-state index in [0.717, 1.165) is 0 Å². The average molecular weight is 371 g/mol. The van der Waals surface area contributed by atoms with Crippen LogP contribution in [0.25, 0.3) is 0 Å². The number of ether oxygens (including phenoxy) is 1. The van der Waals surface area contributed by atoms with Crippen LogP contribution in [0.15, 0.2) is 28.8 Å². The number of aromatic nitrogens is 1. The molecule has 0 aliphatic carbocycles. The van der Waals surface area contributed by atoms with Gasteiger partial charge in [0.15, 0.2) is 6.61 Å². The Labute approximate surface area is 149 Å². The number of carbonyl (C=O) groups is 2. The van der Waals surface area contributed by atoms with Gasteiger partial charge in [0.25, 0.3) is 5.91 Å². The molecule has 8 heteroatoms. The maximum atomic E-state index is 11.9. The molecular formula is C16H16Cl2N2O4. The number of hydrogen-bond donors (Lipinski definition) is 1. The lowest BCUT2D eigenvalue weighted by atomic mass is 9.92. The number of anilines is 1. The zero-order chi connectivity index (χ0) is 17.9.